The highest BCUT2D eigenvalue weighted by Gasteiger charge is 2.13. The van der Waals surface area contributed by atoms with Crippen LogP contribution < -0.4 is 5.32 Å². The lowest BCUT2D eigenvalue weighted by Gasteiger charge is -2.10. The number of halogens is 1. The van der Waals surface area contributed by atoms with Crippen LogP contribution in [0.4, 0.5) is 0 Å². The summed E-state index contributed by atoms with van der Waals surface area (Å²) in [6.07, 6.45) is 5.68. The monoisotopic (exact) mass is 237 g/mol. The minimum Gasteiger partial charge on any atom is -0.312 e. The lowest BCUT2D eigenvalue weighted by molar-refractivity contribution is 0.489. The first-order chi connectivity index (χ1) is 7.88. The van der Waals surface area contributed by atoms with Crippen molar-refractivity contribution in [1.29, 1.82) is 0 Å². The van der Waals surface area contributed by atoms with Crippen molar-refractivity contribution in [2.24, 2.45) is 5.92 Å². The van der Waals surface area contributed by atoms with E-state index >= 15 is 0 Å². The SMILES string of the molecule is ClCc1ccc(CNCC2CCCC2)cc1. The molecule has 1 fully saturated rings. The van der Waals surface area contributed by atoms with Crippen molar-refractivity contribution in [3.63, 3.8) is 0 Å². The Hall–Kier alpha value is -0.530. The Labute approximate surface area is 103 Å². The van der Waals surface area contributed by atoms with Gasteiger partial charge in [-0.1, -0.05) is 37.1 Å². The molecule has 1 saturated carbocycles. The van der Waals surface area contributed by atoms with E-state index in [0.29, 0.717) is 5.88 Å². The Morgan fingerprint density at radius 1 is 1.06 bits per heavy atom. The molecule has 0 atom stereocenters. The van der Waals surface area contributed by atoms with Gasteiger partial charge in [-0.3, -0.25) is 0 Å². The van der Waals surface area contributed by atoms with Crippen LogP contribution in [0.15, 0.2) is 24.3 Å². The molecular weight excluding hydrogens is 218 g/mol. The molecule has 0 amide bonds. The third-order valence-corrected chi connectivity index (χ3v) is 3.72. The van der Waals surface area contributed by atoms with E-state index < -0.39 is 0 Å². The van der Waals surface area contributed by atoms with Crippen LogP contribution in [-0.2, 0) is 12.4 Å². The smallest absolute Gasteiger partial charge is 0.0474 e. The van der Waals surface area contributed by atoms with Crippen molar-refractivity contribution in [2.45, 2.75) is 38.1 Å². The average molecular weight is 238 g/mol. The average Bonchev–Trinajstić information content (AvgIpc) is 2.83. The van der Waals surface area contributed by atoms with Gasteiger partial charge < -0.3 is 5.32 Å². The molecule has 0 spiro atoms. The molecular formula is C14H20ClN. The first kappa shape index (κ1) is 11.9. The van der Waals surface area contributed by atoms with Crippen LogP contribution in [0.3, 0.4) is 0 Å². The Kier molecular flexibility index (Phi) is 4.68. The zero-order valence-corrected chi connectivity index (χ0v) is 10.5. The number of rotatable bonds is 5. The molecule has 0 radical (unpaired) electrons. The van der Waals surface area contributed by atoms with E-state index in [-0.39, 0.29) is 0 Å². The number of nitrogens with one attached hydrogen (secondary N) is 1. The molecule has 0 bridgehead atoms. The fourth-order valence-electron chi connectivity index (χ4n) is 2.38. The van der Waals surface area contributed by atoms with Gasteiger partial charge in [0.05, 0.1) is 0 Å². The van der Waals surface area contributed by atoms with E-state index in [0.717, 1.165) is 12.5 Å². The summed E-state index contributed by atoms with van der Waals surface area (Å²) in [6.45, 7) is 2.16. The summed E-state index contributed by atoms with van der Waals surface area (Å²) in [4.78, 5) is 0. The molecule has 2 heteroatoms. The maximum absolute atomic E-state index is 5.75. The Bertz CT molecular complexity index is 301. The van der Waals surface area contributed by atoms with E-state index in [1.807, 2.05) is 0 Å². The maximum Gasteiger partial charge on any atom is 0.0474 e. The topological polar surface area (TPSA) is 12.0 Å². The molecule has 1 aliphatic carbocycles. The van der Waals surface area contributed by atoms with Gasteiger partial charge >= 0.3 is 0 Å². The van der Waals surface area contributed by atoms with Gasteiger partial charge in [0.1, 0.15) is 0 Å². The third-order valence-electron chi connectivity index (χ3n) is 3.41. The molecule has 1 aromatic carbocycles. The van der Waals surface area contributed by atoms with Gasteiger partial charge in [0.25, 0.3) is 0 Å². The van der Waals surface area contributed by atoms with Crippen molar-refractivity contribution in [3.05, 3.63) is 35.4 Å². The van der Waals surface area contributed by atoms with Crippen LogP contribution in [0.5, 0.6) is 0 Å². The second-order valence-electron chi connectivity index (χ2n) is 4.73. The number of hydrogen-bond acceptors (Lipinski definition) is 1. The molecule has 1 aliphatic rings. The van der Waals surface area contributed by atoms with Gasteiger partial charge in [-0.25, -0.2) is 0 Å². The first-order valence-electron chi connectivity index (χ1n) is 6.23. The summed E-state index contributed by atoms with van der Waals surface area (Å²) >= 11 is 5.75. The Morgan fingerprint density at radius 2 is 1.69 bits per heavy atom. The fourth-order valence-corrected chi connectivity index (χ4v) is 2.56. The quantitative estimate of drug-likeness (QED) is 0.770. The van der Waals surface area contributed by atoms with Crippen LogP contribution in [0.25, 0.3) is 0 Å². The van der Waals surface area contributed by atoms with Crippen LogP contribution >= 0.6 is 11.6 Å². The molecule has 1 aromatic rings. The summed E-state index contributed by atoms with van der Waals surface area (Å²) < 4.78 is 0. The molecule has 0 aliphatic heterocycles. The summed E-state index contributed by atoms with van der Waals surface area (Å²) in [5.41, 5.74) is 2.55. The largest absolute Gasteiger partial charge is 0.312 e. The van der Waals surface area contributed by atoms with Crippen LogP contribution in [0.1, 0.15) is 36.8 Å². The third kappa shape index (κ3) is 3.50. The second-order valence-corrected chi connectivity index (χ2v) is 5.00. The molecule has 88 valence electrons. The predicted octanol–water partition coefficient (Wildman–Crippen LogP) is 3.71. The molecule has 0 heterocycles. The lowest BCUT2D eigenvalue weighted by atomic mass is 10.1. The van der Waals surface area contributed by atoms with E-state index in [2.05, 4.69) is 29.6 Å². The maximum atomic E-state index is 5.75. The standard InChI is InChI=1S/C14H20ClN/c15-9-12-5-7-14(8-6-12)11-16-10-13-3-1-2-4-13/h5-8,13,16H,1-4,9-11H2. The molecule has 0 unspecified atom stereocenters. The molecule has 16 heavy (non-hydrogen) atoms. The van der Waals surface area contributed by atoms with E-state index in [4.69, 9.17) is 11.6 Å². The zero-order valence-electron chi connectivity index (χ0n) is 9.71. The fraction of sp³-hybridized carbons (Fsp3) is 0.571. The predicted molar refractivity (Wildman–Crippen MR) is 69.7 cm³/mol. The normalized spacial score (nSPS) is 16.8. The molecule has 0 aromatic heterocycles. The molecule has 1 N–H and O–H groups in total. The highest BCUT2D eigenvalue weighted by atomic mass is 35.5. The molecule has 2 rings (SSSR count). The van der Waals surface area contributed by atoms with Crippen molar-refractivity contribution in [2.75, 3.05) is 6.54 Å². The highest BCUT2D eigenvalue weighted by Crippen LogP contribution is 2.23. The van der Waals surface area contributed by atoms with Gasteiger partial charge in [0.2, 0.25) is 0 Å². The van der Waals surface area contributed by atoms with Crippen molar-refractivity contribution in [3.8, 4) is 0 Å². The molecule has 1 nitrogen and oxygen atoms in total. The summed E-state index contributed by atoms with van der Waals surface area (Å²) in [5.74, 6) is 1.53. The van der Waals surface area contributed by atoms with Crippen LogP contribution in [0.2, 0.25) is 0 Å². The second kappa shape index (κ2) is 6.27. The van der Waals surface area contributed by atoms with Crippen LogP contribution in [-0.4, -0.2) is 6.54 Å². The summed E-state index contributed by atoms with van der Waals surface area (Å²) in [6, 6.07) is 8.55. The van der Waals surface area contributed by atoms with Crippen molar-refractivity contribution < 1.29 is 0 Å². The van der Waals surface area contributed by atoms with E-state index in [9.17, 15) is 0 Å². The zero-order chi connectivity index (χ0) is 11.2. The number of benzene rings is 1. The van der Waals surface area contributed by atoms with E-state index in [1.165, 1.54) is 43.4 Å². The van der Waals surface area contributed by atoms with E-state index in [1.54, 1.807) is 0 Å². The van der Waals surface area contributed by atoms with Gasteiger partial charge in [0.15, 0.2) is 0 Å². The first-order valence-corrected chi connectivity index (χ1v) is 6.76. The van der Waals surface area contributed by atoms with Gasteiger partial charge in [0, 0.05) is 12.4 Å². The number of alkyl halides is 1. The van der Waals surface area contributed by atoms with Crippen molar-refractivity contribution >= 4 is 11.6 Å². The van der Waals surface area contributed by atoms with Gasteiger partial charge in [-0.05, 0) is 36.4 Å². The Morgan fingerprint density at radius 3 is 2.31 bits per heavy atom. The van der Waals surface area contributed by atoms with Crippen molar-refractivity contribution in [1.82, 2.24) is 5.32 Å². The summed E-state index contributed by atoms with van der Waals surface area (Å²) in [7, 11) is 0. The lowest BCUT2D eigenvalue weighted by Crippen LogP contribution is -2.20. The molecule has 0 saturated heterocycles. The van der Waals surface area contributed by atoms with Crippen LogP contribution in [0, 0.1) is 5.92 Å². The Balaban J connectivity index is 1.71. The summed E-state index contributed by atoms with van der Waals surface area (Å²) in [5, 5.41) is 3.55. The highest BCUT2D eigenvalue weighted by molar-refractivity contribution is 6.17. The minimum absolute atomic E-state index is 0.607. The minimum atomic E-state index is 0.607. The van der Waals surface area contributed by atoms with Gasteiger partial charge in [-0.2, -0.15) is 0 Å². The number of hydrogen-bond donors (Lipinski definition) is 1. The van der Waals surface area contributed by atoms with Gasteiger partial charge in [-0.15, -0.1) is 11.6 Å².